The molecular weight excluding hydrogens is 358 g/mol. The van der Waals surface area contributed by atoms with Gasteiger partial charge in [0.15, 0.2) is 0 Å². The average molecular weight is 385 g/mol. The van der Waals surface area contributed by atoms with E-state index in [1.807, 2.05) is 18.0 Å². The minimum Gasteiger partial charge on any atom is -0.358 e. The summed E-state index contributed by atoms with van der Waals surface area (Å²) in [6.45, 7) is 4.01. The van der Waals surface area contributed by atoms with Crippen molar-refractivity contribution in [1.82, 2.24) is 14.7 Å². The van der Waals surface area contributed by atoms with Gasteiger partial charge in [0.25, 0.3) is 5.91 Å². The van der Waals surface area contributed by atoms with E-state index >= 15 is 0 Å². The Balaban J connectivity index is 1.44. The van der Waals surface area contributed by atoms with Gasteiger partial charge in [0.05, 0.1) is 17.9 Å². The Morgan fingerprint density at radius 1 is 1.18 bits per heavy atom. The van der Waals surface area contributed by atoms with Crippen molar-refractivity contribution in [2.24, 2.45) is 0 Å². The first-order valence-electron chi connectivity index (χ1n) is 9.87. The van der Waals surface area contributed by atoms with E-state index in [2.05, 4.69) is 15.1 Å². The van der Waals surface area contributed by atoms with Crippen molar-refractivity contribution >= 4 is 29.1 Å². The van der Waals surface area contributed by atoms with E-state index in [9.17, 15) is 14.4 Å². The number of hydrogen-bond donors (Lipinski definition) is 1. The second-order valence-corrected chi connectivity index (χ2v) is 7.92. The SMILES string of the molecule is CN1CCN(C(=O)CN(C)C(=O)c2ccc3c(c2)NC(=O)[C@@H]2CCCN32)CC1. The maximum atomic E-state index is 12.8. The highest BCUT2D eigenvalue weighted by molar-refractivity contribution is 6.06. The third kappa shape index (κ3) is 3.44. The largest absolute Gasteiger partial charge is 0.358 e. The molecule has 0 aromatic heterocycles. The summed E-state index contributed by atoms with van der Waals surface area (Å²) in [6.07, 6.45) is 1.86. The Hall–Kier alpha value is -2.61. The number of hydrogen-bond acceptors (Lipinski definition) is 5. The van der Waals surface area contributed by atoms with Crippen LogP contribution in [0.15, 0.2) is 18.2 Å². The van der Waals surface area contributed by atoms with Crippen molar-refractivity contribution < 1.29 is 14.4 Å². The van der Waals surface area contributed by atoms with Crippen molar-refractivity contribution in [3.8, 4) is 0 Å². The van der Waals surface area contributed by atoms with Crippen LogP contribution in [-0.2, 0) is 9.59 Å². The Bertz CT molecular complexity index is 803. The molecule has 1 aromatic carbocycles. The Kier molecular flexibility index (Phi) is 4.97. The molecule has 2 saturated heterocycles. The van der Waals surface area contributed by atoms with Gasteiger partial charge in [-0.15, -0.1) is 0 Å². The van der Waals surface area contributed by atoms with Crippen molar-refractivity contribution in [3.63, 3.8) is 0 Å². The lowest BCUT2D eigenvalue weighted by Gasteiger charge is -2.34. The predicted octanol–water partition coefficient (Wildman–Crippen LogP) is 0.454. The topological polar surface area (TPSA) is 76.2 Å². The maximum absolute atomic E-state index is 12.8. The molecule has 3 amide bonds. The Morgan fingerprint density at radius 2 is 1.93 bits per heavy atom. The van der Waals surface area contributed by atoms with E-state index in [4.69, 9.17) is 0 Å². The van der Waals surface area contributed by atoms with Gasteiger partial charge in [-0.2, -0.15) is 0 Å². The van der Waals surface area contributed by atoms with Crippen LogP contribution in [0.25, 0.3) is 0 Å². The van der Waals surface area contributed by atoms with Crippen molar-refractivity contribution in [2.75, 3.05) is 63.6 Å². The minimum atomic E-state index is -0.219. The van der Waals surface area contributed by atoms with Crippen molar-refractivity contribution in [3.05, 3.63) is 23.8 Å². The summed E-state index contributed by atoms with van der Waals surface area (Å²) in [6, 6.07) is 5.31. The summed E-state index contributed by atoms with van der Waals surface area (Å²) in [4.78, 5) is 45.2. The number of amides is 3. The number of rotatable bonds is 3. The maximum Gasteiger partial charge on any atom is 0.254 e. The highest BCUT2D eigenvalue weighted by atomic mass is 16.2. The zero-order valence-electron chi connectivity index (χ0n) is 16.5. The molecule has 3 aliphatic heterocycles. The normalized spacial score (nSPS) is 21.8. The molecule has 28 heavy (non-hydrogen) atoms. The fourth-order valence-electron chi connectivity index (χ4n) is 4.21. The van der Waals surface area contributed by atoms with E-state index in [1.165, 1.54) is 4.90 Å². The van der Waals surface area contributed by atoms with Crippen molar-refractivity contribution in [2.45, 2.75) is 18.9 Å². The molecule has 0 saturated carbocycles. The van der Waals surface area contributed by atoms with Gasteiger partial charge < -0.3 is 24.9 Å². The number of nitrogens with zero attached hydrogens (tertiary/aromatic N) is 4. The summed E-state index contributed by atoms with van der Waals surface area (Å²) in [5.41, 5.74) is 2.12. The summed E-state index contributed by atoms with van der Waals surface area (Å²) >= 11 is 0. The predicted molar refractivity (Wildman–Crippen MR) is 106 cm³/mol. The van der Waals surface area contributed by atoms with E-state index in [1.54, 1.807) is 19.2 Å². The number of carbonyl (C=O) groups is 3. The number of benzene rings is 1. The average Bonchev–Trinajstić information content (AvgIpc) is 3.18. The summed E-state index contributed by atoms with van der Waals surface area (Å²) in [5, 5.41) is 2.93. The Labute approximate surface area is 165 Å². The molecule has 4 rings (SSSR count). The first-order chi connectivity index (χ1) is 13.4. The number of anilines is 2. The molecule has 0 spiro atoms. The number of fused-ring (bicyclic) bond motifs is 3. The number of nitrogens with one attached hydrogen (secondary N) is 1. The van der Waals surface area contributed by atoms with E-state index in [0.717, 1.165) is 38.2 Å². The van der Waals surface area contributed by atoms with Crippen LogP contribution in [0.2, 0.25) is 0 Å². The summed E-state index contributed by atoms with van der Waals surface area (Å²) < 4.78 is 0. The number of likely N-dealkylation sites (N-methyl/N-ethyl adjacent to an activating group) is 2. The summed E-state index contributed by atoms with van der Waals surface area (Å²) in [5.74, 6) is -0.258. The van der Waals surface area contributed by atoms with Gasteiger partial charge in [0.2, 0.25) is 11.8 Å². The molecule has 0 aliphatic carbocycles. The third-order valence-corrected chi connectivity index (χ3v) is 5.94. The monoisotopic (exact) mass is 385 g/mol. The van der Waals surface area contributed by atoms with Gasteiger partial charge in [0.1, 0.15) is 6.04 Å². The van der Waals surface area contributed by atoms with Gasteiger partial charge in [-0.1, -0.05) is 0 Å². The molecule has 3 heterocycles. The standard InChI is InChI=1S/C20H27N5O3/c1-22-8-10-24(11-9-22)18(26)13-23(2)20(28)14-5-6-16-15(12-14)21-19(27)17-4-3-7-25(16)17/h5-6,12,17H,3-4,7-11,13H2,1-2H3,(H,21,27)/t17-/m0/s1. The molecule has 3 aliphatic rings. The number of piperazine rings is 1. The Morgan fingerprint density at radius 3 is 2.68 bits per heavy atom. The number of carbonyl (C=O) groups excluding carboxylic acids is 3. The fourth-order valence-corrected chi connectivity index (χ4v) is 4.21. The highest BCUT2D eigenvalue weighted by Gasteiger charge is 2.36. The molecule has 150 valence electrons. The lowest BCUT2D eigenvalue weighted by atomic mass is 10.1. The molecule has 0 bridgehead atoms. The van der Waals surface area contributed by atoms with Gasteiger partial charge >= 0.3 is 0 Å². The lowest BCUT2D eigenvalue weighted by Crippen LogP contribution is -2.50. The van der Waals surface area contributed by atoms with Crippen LogP contribution >= 0.6 is 0 Å². The molecule has 1 N–H and O–H groups in total. The molecule has 2 fully saturated rings. The minimum absolute atomic E-state index is 0.00630. The van der Waals surface area contributed by atoms with E-state index in [-0.39, 0.29) is 30.3 Å². The molecule has 0 unspecified atom stereocenters. The van der Waals surface area contributed by atoms with E-state index in [0.29, 0.717) is 24.3 Å². The molecular formula is C20H27N5O3. The van der Waals surface area contributed by atoms with Crippen LogP contribution in [-0.4, -0.2) is 91.8 Å². The molecule has 1 aromatic rings. The van der Waals surface area contributed by atoms with Crippen LogP contribution < -0.4 is 10.2 Å². The van der Waals surface area contributed by atoms with Gasteiger partial charge in [-0.05, 0) is 38.1 Å². The van der Waals surface area contributed by atoms with Crippen LogP contribution in [0.5, 0.6) is 0 Å². The van der Waals surface area contributed by atoms with Crippen molar-refractivity contribution in [1.29, 1.82) is 0 Å². The smallest absolute Gasteiger partial charge is 0.254 e. The van der Waals surface area contributed by atoms with E-state index < -0.39 is 0 Å². The molecule has 0 radical (unpaired) electrons. The first-order valence-corrected chi connectivity index (χ1v) is 9.87. The molecule has 8 heteroatoms. The van der Waals surface area contributed by atoms with Gasteiger partial charge in [0, 0.05) is 45.3 Å². The second kappa shape index (κ2) is 7.43. The lowest BCUT2D eigenvalue weighted by molar-refractivity contribution is -0.133. The third-order valence-electron chi connectivity index (χ3n) is 5.94. The quantitative estimate of drug-likeness (QED) is 0.818. The van der Waals surface area contributed by atoms with Crippen LogP contribution in [0.3, 0.4) is 0 Å². The molecule has 8 nitrogen and oxygen atoms in total. The van der Waals surface area contributed by atoms with Crippen LogP contribution in [0.1, 0.15) is 23.2 Å². The zero-order valence-corrected chi connectivity index (χ0v) is 16.5. The van der Waals surface area contributed by atoms with Gasteiger partial charge in [-0.3, -0.25) is 14.4 Å². The summed E-state index contributed by atoms with van der Waals surface area (Å²) in [7, 11) is 3.68. The first kappa shape index (κ1) is 18.7. The zero-order chi connectivity index (χ0) is 19.8. The second-order valence-electron chi connectivity index (χ2n) is 7.92. The van der Waals surface area contributed by atoms with Crippen LogP contribution in [0, 0.1) is 0 Å². The highest BCUT2D eigenvalue weighted by Crippen LogP contribution is 2.37. The van der Waals surface area contributed by atoms with Crippen LogP contribution in [0.4, 0.5) is 11.4 Å². The van der Waals surface area contributed by atoms with Gasteiger partial charge in [-0.25, -0.2) is 0 Å². The fraction of sp³-hybridized carbons (Fsp3) is 0.550. The molecule has 1 atom stereocenters.